The van der Waals surface area contributed by atoms with Crippen molar-refractivity contribution in [3.05, 3.63) is 0 Å². The van der Waals surface area contributed by atoms with Crippen molar-refractivity contribution < 1.29 is 4.79 Å². The average molecular weight is 312 g/mol. The minimum atomic E-state index is -0.612. The van der Waals surface area contributed by atoms with E-state index < -0.39 is 5.41 Å². The lowest BCUT2D eigenvalue weighted by atomic mass is 9.84. The average Bonchev–Trinajstić information content (AvgIpc) is 1.99. The molecule has 0 rings (SSSR count). The molecular weight excluding hydrogens is 295 g/mol. The van der Waals surface area contributed by atoms with Crippen molar-refractivity contribution in [1.82, 2.24) is 0 Å². The number of carbonyl (C=O) groups is 1. The summed E-state index contributed by atoms with van der Waals surface area (Å²) in [7, 11) is 0. The van der Waals surface area contributed by atoms with Gasteiger partial charge in [0.1, 0.15) is 5.78 Å². The van der Waals surface area contributed by atoms with Crippen LogP contribution in [0.15, 0.2) is 10.2 Å². The highest BCUT2D eigenvalue weighted by Gasteiger charge is 2.27. The number of carbonyl (C=O) groups excluding carboxylic acids is 1. The lowest BCUT2D eigenvalue weighted by Crippen LogP contribution is -2.30. The molecule has 0 amide bonds. The summed E-state index contributed by atoms with van der Waals surface area (Å²) in [4.78, 5) is 11.2. The molecule has 0 atom stereocenters. The van der Waals surface area contributed by atoms with Gasteiger partial charge in [0.05, 0.1) is 11.1 Å². The largest absolute Gasteiger partial charge is 0.369 e. The van der Waals surface area contributed by atoms with Crippen molar-refractivity contribution in [2.45, 2.75) is 27.7 Å². The molecule has 5 nitrogen and oxygen atoms in total. The van der Waals surface area contributed by atoms with Crippen molar-refractivity contribution in [2.24, 2.45) is 27.1 Å². The van der Waals surface area contributed by atoms with Gasteiger partial charge in [0.25, 0.3) is 0 Å². The first kappa shape index (κ1) is 15.8. The van der Waals surface area contributed by atoms with Crippen LogP contribution in [0.25, 0.3) is 0 Å². The van der Waals surface area contributed by atoms with E-state index in [0.29, 0.717) is 5.71 Å². The molecule has 0 spiro atoms. The summed E-state index contributed by atoms with van der Waals surface area (Å²) in [5.41, 5.74) is 10.2. The molecule has 0 unspecified atom stereocenters. The topological polar surface area (TPSA) is 93.8 Å². The molecule has 0 aliphatic carbocycles. The zero-order valence-corrected chi connectivity index (χ0v) is 11.2. The van der Waals surface area contributed by atoms with Gasteiger partial charge >= 0.3 is 0 Å². The molecule has 0 heterocycles. The fourth-order valence-corrected chi connectivity index (χ4v) is 0.512. The molecule has 0 saturated heterocycles. The molecule has 82 valence electrons. The van der Waals surface area contributed by atoms with E-state index in [4.69, 9.17) is 11.5 Å². The Hall–Kier alpha value is -0.660. The summed E-state index contributed by atoms with van der Waals surface area (Å²) in [5, 5.41) is 7.23. The van der Waals surface area contributed by atoms with Crippen molar-refractivity contribution in [2.75, 3.05) is 0 Å². The number of rotatable bonds is 3. The number of guanidine groups is 1. The number of hydrogen-bond donors (Lipinski definition) is 2. The Morgan fingerprint density at radius 2 is 1.57 bits per heavy atom. The van der Waals surface area contributed by atoms with Crippen LogP contribution in [0.2, 0.25) is 0 Å². The molecule has 0 aromatic carbocycles. The fourth-order valence-electron chi connectivity index (χ4n) is 0.512. The summed E-state index contributed by atoms with van der Waals surface area (Å²) >= 11 is 0. The number of hydrogen-bond acceptors (Lipinski definition) is 3. The van der Waals surface area contributed by atoms with E-state index in [1.807, 2.05) is 0 Å². The van der Waals surface area contributed by atoms with Crippen LogP contribution in [0.3, 0.4) is 0 Å². The summed E-state index contributed by atoms with van der Waals surface area (Å²) in [5.74, 6) is -0.0850. The highest BCUT2D eigenvalue weighted by Crippen LogP contribution is 2.18. The Balaban J connectivity index is 0. The molecule has 6 heteroatoms. The van der Waals surface area contributed by atoms with Crippen LogP contribution in [0.4, 0.5) is 0 Å². The summed E-state index contributed by atoms with van der Waals surface area (Å²) in [6.07, 6.45) is 0. The van der Waals surface area contributed by atoms with Gasteiger partial charge in [-0.2, -0.15) is 5.10 Å². The molecule has 0 radical (unpaired) electrons. The van der Waals surface area contributed by atoms with E-state index in [1.54, 1.807) is 20.8 Å². The number of ketones is 1. The second kappa shape index (κ2) is 5.94. The highest BCUT2D eigenvalue weighted by atomic mass is 127. The zero-order valence-electron chi connectivity index (χ0n) is 8.87. The van der Waals surface area contributed by atoms with Crippen molar-refractivity contribution in [3.63, 3.8) is 0 Å². The lowest BCUT2D eigenvalue weighted by molar-refractivity contribution is -0.121. The number of nitrogens with two attached hydrogens (primary N) is 2. The van der Waals surface area contributed by atoms with Crippen molar-refractivity contribution >= 4 is 41.4 Å². The summed E-state index contributed by atoms with van der Waals surface area (Å²) < 4.78 is 0. The molecular formula is C8H17IN4O. The molecule has 0 aromatic rings. The maximum absolute atomic E-state index is 11.2. The lowest BCUT2D eigenvalue weighted by Gasteiger charge is -2.19. The monoisotopic (exact) mass is 312 g/mol. The SMILES string of the molecule is CC(=O)C(C)(C)/C(C)=N\N=C(N)N.I. The van der Waals surface area contributed by atoms with Crippen molar-refractivity contribution in [3.8, 4) is 0 Å². The minimum absolute atomic E-state index is 0. The third kappa shape index (κ3) is 4.54. The maximum atomic E-state index is 11.2. The van der Waals surface area contributed by atoms with Gasteiger partial charge in [-0.3, -0.25) is 4.79 Å². The van der Waals surface area contributed by atoms with Crippen molar-refractivity contribution in [1.29, 1.82) is 0 Å². The quantitative estimate of drug-likeness (QED) is 0.350. The molecule has 0 fully saturated rings. The number of Topliss-reactive ketones (excluding diaryl/α,β-unsaturated/α-hetero) is 1. The van der Waals surface area contributed by atoms with Crippen LogP contribution in [0, 0.1) is 5.41 Å². The van der Waals surface area contributed by atoms with Crippen LogP contribution in [0.1, 0.15) is 27.7 Å². The highest BCUT2D eigenvalue weighted by molar-refractivity contribution is 14.0. The normalized spacial score (nSPS) is 11.6. The smallest absolute Gasteiger partial charge is 0.211 e. The van der Waals surface area contributed by atoms with E-state index in [-0.39, 0.29) is 35.7 Å². The van der Waals surface area contributed by atoms with Gasteiger partial charge in [0.15, 0.2) is 0 Å². The summed E-state index contributed by atoms with van der Waals surface area (Å²) in [6.45, 7) is 6.77. The molecule has 0 aliphatic rings. The Bertz CT molecular complexity index is 267. The number of halogens is 1. The van der Waals surface area contributed by atoms with E-state index in [1.165, 1.54) is 6.92 Å². The second-order valence-corrected chi connectivity index (χ2v) is 3.39. The van der Waals surface area contributed by atoms with E-state index >= 15 is 0 Å². The van der Waals surface area contributed by atoms with Gasteiger partial charge in [-0.15, -0.1) is 29.1 Å². The molecule has 4 N–H and O–H groups in total. The molecule has 0 aromatic heterocycles. The zero-order chi connectivity index (χ0) is 10.6. The minimum Gasteiger partial charge on any atom is -0.369 e. The summed E-state index contributed by atoms with van der Waals surface area (Å²) in [6, 6.07) is 0. The van der Waals surface area contributed by atoms with Gasteiger partial charge in [0.2, 0.25) is 5.96 Å². The van der Waals surface area contributed by atoms with Crippen LogP contribution in [-0.2, 0) is 4.79 Å². The fraction of sp³-hybridized carbons (Fsp3) is 0.625. The number of nitrogens with zero attached hydrogens (tertiary/aromatic N) is 2. The third-order valence-corrected chi connectivity index (χ3v) is 2.10. The molecule has 0 aliphatic heterocycles. The first-order chi connectivity index (χ1) is 5.78. The first-order valence-electron chi connectivity index (χ1n) is 3.93. The Labute approximate surface area is 101 Å². The molecule has 0 bridgehead atoms. The van der Waals surface area contributed by atoms with Gasteiger partial charge < -0.3 is 11.5 Å². The second-order valence-electron chi connectivity index (χ2n) is 3.39. The predicted molar refractivity (Wildman–Crippen MR) is 68.8 cm³/mol. The van der Waals surface area contributed by atoms with Gasteiger partial charge in [-0.05, 0) is 27.7 Å². The van der Waals surface area contributed by atoms with E-state index in [9.17, 15) is 4.79 Å². The molecule has 0 saturated carbocycles. The maximum Gasteiger partial charge on any atom is 0.211 e. The Kier molecular flexibility index (Phi) is 6.71. The molecule has 14 heavy (non-hydrogen) atoms. The van der Waals surface area contributed by atoms with E-state index in [0.717, 1.165) is 0 Å². The van der Waals surface area contributed by atoms with Gasteiger partial charge in [-0.25, -0.2) is 0 Å². The van der Waals surface area contributed by atoms with Crippen LogP contribution >= 0.6 is 24.0 Å². The van der Waals surface area contributed by atoms with Crippen LogP contribution in [0.5, 0.6) is 0 Å². The van der Waals surface area contributed by atoms with E-state index in [2.05, 4.69) is 10.2 Å². The third-order valence-electron chi connectivity index (χ3n) is 2.10. The first-order valence-corrected chi connectivity index (χ1v) is 3.93. The van der Waals surface area contributed by atoms with Gasteiger partial charge in [0, 0.05) is 0 Å². The standard InChI is InChI=1S/C8H16N4O.HI/c1-5(11-12-7(9)10)8(3,4)6(2)13;/h1-4H3,(H4,9,10,12);1H/b11-5-;. The van der Waals surface area contributed by atoms with Gasteiger partial charge in [-0.1, -0.05) is 0 Å². The van der Waals surface area contributed by atoms with Crippen LogP contribution in [-0.4, -0.2) is 17.5 Å². The Morgan fingerprint density at radius 1 is 1.14 bits per heavy atom. The Morgan fingerprint density at radius 3 is 1.86 bits per heavy atom. The van der Waals surface area contributed by atoms with Crippen LogP contribution < -0.4 is 11.5 Å². The predicted octanol–water partition coefficient (Wildman–Crippen LogP) is 0.869.